The maximum atomic E-state index is 12.2. The number of fused-ring (bicyclic) bond motifs is 8. The van der Waals surface area contributed by atoms with E-state index in [0.29, 0.717) is 23.0 Å². The van der Waals surface area contributed by atoms with Gasteiger partial charge < -0.3 is 0 Å². The van der Waals surface area contributed by atoms with Crippen LogP contribution in [0.5, 0.6) is 0 Å². The minimum absolute atomic E-state index is 0.268. The van der Waals surface area contributed by atoms with Gasteiger partial charge in [0.05, 0.1) is 12.0 Å². The van der Waals surface area contributed by atoms with Gasteiger partial charge in [-0.2, -0.15) is 5.26 Å². The van der Waals surface area contributed by atoms with Crippen molar-refractivity contribution in [1.82, 2.24) is 0 Å². The maximum absolute atomic E-state index is 12.2. The molecule has 8 atom stereocenters. The van der Waals surface area contributed by atoms with Gasteiger partial charge in [-0.1, -0.05) is 19.4 Å². The van der Waals surface area contributed by atoms with Crippen molar-refractivity contribution >= 4 is 5.78 Å². The number of rotatable bonds is 0. The van der Waals surface area contributed by atoms with Crippen LogP contribution in [-0.4, -0.2) is 5.78 Å². The number of hydrogen-bond acceptors (Lipinski definition) is 2. The zero-order valence-corrected chi connectivity index (χ0v) is 15.6. The lowest BCUT2D eigenvalue weighted by molar-refractivity contribution is -0.118. The zero-order chi connectivity index (χ0) is 17.2. The van der Waals surface area contributed by atoms with Gasteiger partial charge in [-0.25, -0.2) is 0 Å². The molecule has 0 saturated heterocycles. The molecule has 6 aliphatic carbocycles. The highest BCUT2D eigenvalue weighted by atomic mass is 16.1. The molecule has 6 aliphatic rings. The summed E-state index contributed by atoms with van der Waals surface area (Å²) >= 11 is 0. The summed E-state index contributed by atoms with van der Waals surface area (Å²) in [6, 6.07) is 2.74. The van der Waals surface area contributed by atoms with E-state index in [-0.39, 0.29) is 10.8 Å². The van der Waals surface area contributed by atoms with Crippen LogP contribution in [0.4, 0.5) is 0 Å². The van der Waals surface area contributed by atoms with Crippen molar-refractivity contribution in [3.05, 3.63) is 11.6 Å². The zero-order valence-electron chi connectivity index (χ0n) is 15.6. The number of ketones is 1. The van der Waals surface area contributed by atoms with Crippen molar-refractivity contribution in [1.29, 1.82) is 5.26 Å². The van der Waals surface area contributed by atoms with Crippen LogP contribution in [0, 0.1) is 63.1 Å². The summed E-state index contributed by atoms with van der Waals surface area (Å²) in [6.07, 6.45) is 11.7. The average Bonchev–Trinajstić information content (AvgIpc) is 3.48. The molecule has 0 heterocycles. The highest BCUT2D eigenvalue weighted by Gasteiger charge is 2.73. The monoisotopic (exact) mass is 335 g/mol. The van der Waals surface area contributed by atoms with Crippen LogP contribution >= 0.6 is 0 Å². The van der Waals surface area contributed by atoms with Crippen molar-refractivity contribution in [3.8, 4) is 6.07 Å². The SMILES string of the molecule is C[C@]12CCC(=O)C=C1C1(CC1)CC1C2CC[C@@]2(C)C1C1CC1[C@@H]2C#N. The molecule has 0 aromatic heterocycles. The summed E-state index contributed by atoms with van der Waals surface area (Å²) in [5.74, 6) is 4.61. The molecule has 6 rings (SSSR count). The Hall–Kier alpha value is -1.10. The summed E-state index contributed by atoms with van der Waals surface area (Å²) < 4.78 is 0. The van der Waals surface area contributed by atoms with Crippen molar-refractivity contribution < 1.29 is 4.79 Å². The Morgan fingerprint density at radius 2 is 1.92 bits per heavy atom. The average molecular weight is 335 g/mol. The van der Waals surface area contributed by atoms with Gasteiger partial charge in [0.15, 0.2) is 5.78 Å². The molecule has 132 valence electrons. The fourth-order valence-electron chi connectivity index (χ4n) is 8.83. The summed E-state index contributed by atoms with van der Waals surface area (Å²) in [6.45, 7) is 4.97. The van der Waals surface area contributed by atoms with E-state index in [1.807, 2.05) is 0 Å². The second-order valence-electron chi connectivity index (χ2n) is 10.9. The van der Waals surface area contributed by atoms with Gasteiger partial charge in [0, 0.05) is 6.42 Å². The number of carbonyl (C=O) groups is 1. The Morgan fingerprint density at radius 1 is 1.12 bits per heavy atom. The molecule has 1 spiro atoms. The third-order valence-corrected chi connectivity index (χ3v) is 10.0. The fourth-order valence-corrected chi connectivity index (χ4v) is 8.83. The van der Waals surface area contributed by atoms with Crippen molar-refractivity contribution in [2.45, 2.75) is 65.2 Å². The summed E-state index contributed by atoms with van der Waals surface area (Å²) in [4.78, 5) is 12.2. The predicted molar refractivity (Wildman–Crippen MR) is 95.2 cm³/mol. The lowest BCUT2D eigenvalue weighted by atomic mass is 9.43. The molecule has 0 aromatic carbocycles. The number of nitriles is 1. The fraction of sp³-hybridized carbons (Fsp3) is 0.826. The quantitative estimate of drug-likeness (QED) is 0.631. The molecular formula is C23H29NO. The molecule has 0 radical (unpaired) electrons. The van der Waals surface area contributed by atoms with Crippen LogP contribution in [0.15, 0.2) is 11.6 Å². The molecule has 2 nitrogen and oxygen atoms in total. The normalized spacial score (nSPS) is 56.8. The molecule has 5 saturated carbocycles. The van der Waals surface area contributed by atoms with Gasteiger partial charge >= 0.3 is 0 Å². The van der Waals surface area contributed by atoms with Crippen LogP contribution in [-0.2, 0) is 4.79 Å². The van der Waals surface area contributed by atoms with Crippen LogP contribution < -0.4 is 0 Å². The Labute approximate surface area is 151 Å². The molecule has 0 aliphatic heterocycles. The first kappa shape index (κ1) is 15.0. The van der Waals surface area contributed by atoms with Gasteiger partial charge in [-0.3, -0.25) is 4.79 Å². The van der Waals surface area contributed by atoms with Crippen LogP contribution in [0.25, 0.3) is 0 Å². The van der Waals surface area contributed by atoms with E-state index >= 15 is 0 Å². The summed E-state index contributed by atoms with van der Waals surface area (Å²) in [5, 5.41) is 9.85. The smallest absolute Gasteiger partial charge is 0.155 e. The third kappa shape index (κ3) is 1.61. The largest absolute Gasteiger partial charge is 0.295 e. The number of hydrogen-bond donors (Lipinski definition) is 0. The maximum Gasteiger partial charge on any atom is 0.155 e. The van der Waals surface area contributed by atoms with Gasteiger partial charge in [-0.15, -0.1) is 0 Å². The predicted octanol–water partition coefficient (Wildman–Crippen LogP) is 4.90. The van der Waals surface area contributed by atoms with Gasteiger partial charge in [0.2, 0.25) is 0 Å². The van der Waals surface area contributed by atoms with E-state index in [2.05, 4.69) is 26.0 Å². The highest BCUT2D eigenvalue weighted by molar-refractivity contribution is 5.92. The Balaban J connectivity index is 1.46. The molecule has 0 aromatic rings. The summed E-state index contributed by atoms with van der Waals surface area (Å²) in [7, 11) is 0. The number of allylic oxidation sites excluding steroid dienone is 1. The molecule has 0 N–H and O–H groups in total. The van der Waals surface area contributed by atoms with Crippen LogP contribution in [0.3, 0.4) is 0 Å². The minimum Gasteiger partial charge on any atom is -0.295 e. The first-order valence-electron chi connectivity index (χ1n) is 10.6. The lowest BCUT2D eigenvalue weighted by Gasteiger charge is -2.60. The highest BCUT2D eigenvalue weighted by Crippen LogP contribution is 2.79. The molecule has 0 bridgehead atoms. The van der Waals surface area contributed by atoms with Crippen LogP contribution in [0.1, 0.15) is 65.2 Å². The Bertz CT molecular complexity index is 755. The van der Waals surface area contributed by atoms with E-state index in [0.717, 1.165) is 36.5 Å². The van der Waals surface area contributed by atoms with E-state index in [1.165, 1.54) is 38.5 Å². The van der Waals surface area contributed by atoms with Gasteiger partial charge in [0.1, 0.15) is 0 Å². The van der Waals surface area contributed by atoms with E-state index < -0.39 is 0 Å². The summed E-state index contributed by atoms with van der Waals surface area (Å²) in [5.41, 5.74) is 2.48. The first-order chi connectivity index (χ1) is 11.9. The molecule has 0 amide bonds. The van der Waals surface area contributed by atoms with Gasteiger partial charge in [-0.05, 0) is 96.9 Å². The molecule has 5 unspecified atom stereocenters. The second-order valence-corrected chi connectivity index (χ2v) is 10.9. The van der Waals surface area contributed by atoms with Crippen molar-refractivity contribution in [2.75, 3.05) is 0 Å². The third-order valence-electron chi connectivity index (χ3n) is 10.0. The van der Waals surface area contributed by atoms with Crippen LogP contribution in [0.2, 0.25) is 0 Å². The standard InChI is InChI=1S/C23H29NO/c1-21-5-3-13(25)9-19(21)23(7-8-23)11-16-17(21)4-6-22(2)18(12-24)14-10-15(14)20(16)22/h9,14-18,20H,3-8,10-11H2,1-2H3/t14?,15?,16?,17?,18-,20?,21+,22+/m0/s1. The first-order valence-corrected chi connectivity index (χ1v) is 10.6. The molecular weight excluding hydrogens is 306 g/mol. The molecule has 2 heteroatoms. The molecule has 5 fully saturated rings. The van der Waals surface area contributed by atoms with E-state index in [9.17, 15) is 10.1 Å². The van der Waals surface area contributed by atoms with Gasteiger partial charge in [0.25, 0.3) is 0 Å². The van der Waals surface area contributed by atoms with Crippen molar-refractivity contribution in [2.24, 2.45) is 51.8 Å². The van der Waals surface area contributed by atoms with Crippen molar-refractivity contribution in [3.63, 3.8) is 0 Å². The Morgan fingerprint density at radius 3 is 2.64 bits per heavy atom. The van der Waals surface area contributed by atoms with E-state index in [1.54, 1.807) is 5.57 Å². The number of carbonyl (C=O) groups excluding carboxylic acids is 1. The minimum atomic E-state index is 0.268. The number of nitrogens with zero attached hydrogens (tertiary/aromatic N) is 1. The second kappa shape index (κ2) is 4.24. The topological polar surface area (TPSA) is 40.9 Å². The lowest BCUT2D eigenvalue weighted by Crippen LogP contribution is -2.54. The Kier molecular flexibility index (Phi) is 2.54. The molecule has 25 heavy (non-hydrogen) atoms. The van der Waals surface area contributed by atoms with E-state index in [4.69, 9.17) is 0 Å².